The quantitative estimate of drug-likeness (QED) is 0.361. The molecule has 0 aromatic heterocycles. The average molecular weight is 447 g/mol. The number of hydrogen-bond donors (Lipinski definition) is 0. The van der Waals surface area contributed by atoms with Crippen LogP contribution in [0.5, 0.6) is 0 Å². The molecule has 0 fully saturated rings. The van der Waals surface area contributed by atoms with Crippen molar-refractivity contribution < 1.29 is 14.0 Å². The van der Waals surface area contributed by atoms with Crippen LogP contribution in [-0.2, 0) is 20.4 Å². The molecule has 3 aromatic carbocycles. The van der Waals surface area contributed by atoms with Gasteiger partial charge in [0, 0.05) is 0 Å². The van der Waals surface area contributed by atoms with E-state index in [2.05, 4.69) is 69.3 Å². The minimum atomic E-state index is -2.76. The molecule has 0 saturated heterocycles. The van der Waals surface area contributed by atoms with E-state index in [1.807, 2.05) is 49.4 Å². The van der Waals surface area contributed by atoms with Crippen LogP contribution in [0.2, 0.25) is 5.04 Å². The molecule has 0 amide bonds. The van der Waals surface area contributed by atoms with E-state index in [-0.39, 0.29) is 17.1 Å². The highest BCUT2D eigenvalue weighted by Gasteiger charge is 2.52. The normalized spacial score (nSPS) is 13.9. The number of benzene rings is 3. The SMILES string of the molecule is COC(=O)[C@@H](Cc1ccccc1)C(C)O[Si](c1ccccc1)(c1ccccc1)C(C)(C)C. The Balaban J connectivity index is 2.09. The maximum Gasteiger partial charge on any atom is 0.311 e. The van der Waals surface area contributed by atoms with Gasteiger partial charge in [0.1, 0.15) is 0 Å². The lowest BCUT2D eigenvalue weighted by molar-refractivity contribution is -0.148. The molecule has 0 radical (unpaired) electrons. The van der Waals surface area contributed by atoms with Crippen LogP contribution < -0.4 is 10.4 Å². The number of carbonyl (C=O) groups excluding carboxylic acids is 1. The van der Waals surface area contributed by atoms with Gasteiger partial charge in [-0.2, -0.15) is 0 Å². The maximum atomic E-state index is 12.9. The molecule has 0 spiro atoms. The molecule has 0 bridgehead atoms. The van der Waals surface area contributed by atoms with Crippen LogP contribution in [0, 0.1) is 5.92 Å². The molecule has 0 saturated carbocycles. The van der Waals surface area contributed by atoms with Crippen molar-refractivity contribution in [3.8, 4) is 0 Å². The van der Waals surface area contributed by atoms with E-state index in [0.29, 0.717) is 6.42 Å². The maximum absolute atomic E-state index is 12.9. The summed E-state index contributed by atoms with van der Waals surface area (Å²) in [6, 6.07) is 31.1. The first kappa shape index (κ1) is 24.0. The second-order valence-electron chi connectivity index (χ2n) is 9.31. The van der Waals surface area contributed by atoms with Crippen LogP contribution >= 0.6 is 0 Å². The van der Waals surface area contributed by atoms with Crippen LogP contribution in [0.25, 0.3) is 0 Å². The highest BCUT2D eigenvalue weighted by atomic mass is 28.4. The van der Waals surface area contributed by atoms with Gasteiger partial charge in [-0.25, -0.2) is 0 Å². The molecular formula is C28H34O3Si. The minimum absolute atomic E-state index is 0.155. The van der Waals surface area contributed by atoms with Crippen molar-refractivity contribution in [3.63, 3.8) is 0 Å². The third-order valence-corrected chi connectivity index (χ3v) is 11.3. The lowest BCUT2D eigenvalue weighted by Crippen LogP contribution is -2.68. The molecule has 3 rings (SSSR count). The molecule has 168 valence electrons. The predicted octanol–water partition coefficient (Wildman–Crippen LogP) is 4.98. The summed E-state index contributed by atoms with van der Waals surface area (Å²) in [5.41, 5.74) is 1.10. The molecule has 0 aliphatic carbocycles. The molecule has 4 heteroatoms. The lowest BCUT2D eigenvalue weighted by atomic mass is 9.95. The summed E-state index contributed by atoms with van der Waals surface area (Å²) in [7, 11) is -1.30. The van der Waals surface area contributed by atoms with Gasteiger partial charge < -0.3 is 9.16 Å². The Bertz CT molecular complexity index is 942. The first-order valence-corrected chi connectivity index (χ1v) is 13.1. The Labute approximate surface area is 193 Å². The molecule has 2 atom stereocenters. The summed E-state index contributed by atoms with van der Waals surface area (Å²) < 4.78 is 12.4. The number of ether oxygens (including phenoxy) is 1. The molecule has 0 aliphatic rings. The van der Waals surface area contributed by atoms with Gasteiger partial charge in [-0.05, 0) is 34.3 Å². The Morgan fingerprint density at radius 2 is 1.25 bits per heavy atom. The number of carbonyl (C=O) groups is 1. The molecule has 0 N–H and O–H groups in total. The summed E-state index contributed by atoms with van der Waals surface area (Å²) in [4.78, 5) is 12.9. The van der Waals surface area contributed by atoms with Crippen LogP contribution in [0.1, 0.15) is 33.3 Å². The van der Waals surface area contributed by atoms with Gasteiger partial charge in [0.2, 0.25) is 0 Å². The van der Waals surface area contributed by atoms with Crippen LogP contribution in [-0.4, -0.2) is 27.5 Å². The van der Waals surface area contributed by atoms with Gasteiger partial charge in [-0.3, -0.25) is 4.79 Å². The minimum Gasteiger partial charge on any atom is -0.469 e. The number of esters is 1. The van der Waals surface area contributed by atoms with E-state index in [1.54, 1.807) is 0 Å². The molecular weight excluding hydrogens is 412 g/mol. The monoisotopic (exact) mass is 446 g/mol. The first-order chi connectivity index (χ1) is 15.3. The first-order valence-electron chi connectivity index (χ1n) is 11.2. The van der Waals surface area contributed by atoms with Crippen molar-refractivity contribution in [1.29, 1.82) is 0 Å². The molecule has 1 unspecified atom stereocenters. The molecule has 3 nitrogen and oxygen atoms in total. The standard InChI is InChI=1S/C28H34O3Si/c1-22(26(27(29)30-5)21-23-15-9-6-10-16-23)31-32(28(2,3)4,24-17-11-7-12-18-24)25-19-13-8-14-20-25/h6-20,22,26H,21H2,1-5H3/t22?,26-/m0/s1. The second-order valence-corrected chi connectivity index (χ2v) is 13.6. The average Bonchev–Trinajstić information content (AvgIpc) is 2.81. The Morgan fingerprint density at radius 3 is 1.66 bits per heavy atom. The fourth-order valence-corrected chi connectivity index (χ4v) is 9.25. The summed E-state index contributed by atoms with van der Waals surface area (Å²) in [6.45, 7) is 8.76. The van der Waals surface area contributed by atoms with Crippen molar-refractivity contribution in [2.45, 2.75) is 45.3 Å². The van der Waals surface area contributed by atoms with E-state index >= 15 is 0 Å². The van der Waals surface area contributed by atoms with E-state index in [1.165, 1.54) is 17.5 Å². The zero-order chi connectivity index (χ0) is 23.2. The van der Waals surface area contributed by atoms with E-state index in [9.17, 15) is 4.79 Å². The summed E-state index contributed by atoms with van der Waals surface area (Å²) >= 11 is 0. The molecule has 0 aliphatic heterocycles. The Kier molecular flexibility index (Phi) is 7.70. The lowest BCUT2D eigenvalue weighted by Gasteiger charge is -2.45. The highest BCUT2D eigenvalue weighted by Crippen LogP contribution is 2.38. The Morgan fingerprint density at radius 1 is 0.812 bits per heavy atom. The zero-order valence-corrected chi connectivity index (χ0v) is 20.7. The summed E-state index contributed by atoms with van der Waals surface area (Å²) in [5, 5.41) is 2.25. The highest BCUT2D eigenvalue weighted by molar-refractivity contribution is 6.99. The molecule has 0 heterocycles. The summed E-state index contributed by atoms with van der Waals surface area (Å²) in [5.74, 6) is -0.636. The van der Waals surface area contributed by atoms with Crippen molar-refractivity contribution >= 4 is 24.7 Å². The van der Waals surface area contributed by atoms with Crippen molar-refractivity contribution in [1.82, 2.24) is 0 Å². The fourth-order valence-electron chi connectivity index (χ4n) is 4.51. The number of methoxy groups -OCH3 is 1. The third-order valence-electron chi connectivity index (χ3n) is 6.15. The smallest absolute Gasteiger partial charge is 0.311 e. The van der Waals surface area contributed by atoms with Crippen LogP contribution in [0.4, 0.5) is 0 Å². The van der Waals surface area contributed by atoms with Crippen molar-refractivity contribution in [3.05, 3.63) is 96.6 Å². The molecule has 32 heavy (non-hydrogen) atoms. The van der Waals surface area contributed by atoms with Gasteiger partial charge in [0.15, 0.2) is 0 Å². The zero-order valence-electron chi connectivity index (χ0n) is 19.7. The number of hydrogen-bond acceptors (Lipinski definition) is 3. The van der Waals surface area contributed by atoms with Crippen LogP contribution in [0.15, 0.2) is 91.0 Å². The van der Waals surface area contributed by atoms with Crippen molar-refractivity contribution in [2.24, 2.45) is 5.92 Å². The summed E-state index contributed by atoms with van der Waals surface area (Å²) in [6.07, 6.45) is 0.251. The van der Waals surface area contributed by atoms with E-state index < -0.39 is 14.2 Å². The Hall–Kier alpha value is -2.69. The number of rotatable bonds is 8. The predicted molar refractivity (Wildman–Crippen MR) is 134 cm³/mol. The van der Waals surface area contributed by atoms with E-state index in [4.69, 9.17) is 9.16 Å². The van der Waals surface area contributed by atoms with Crippen LogP contribution in [0.3, 0.4) is 0 Å². The van der Waals surface area contributed by atoms with Crippen molar-refractivity contribution in [2.75, 3.05) is 7.11 Å². The largest absolute Gasteiger partial charge is 0.469 e. The van der Waals surface area contributed by atoms with Gasteiger partial charge in [-0.1, -0.05) is 112 Å². The van der Waals surface area contributed by atoms with Gasteiger partial charge >= 0.3 is 5.97 Å². The van der Waals surface area contributed by atoms with Gasteiger partial charge in [0.05, 0.1) is 19.1 Å². The third kappa shape index (κ3) is 5.03. The fraction of sp³-hybridized carbons (Fsp3) is 0.321. The second kappa shape index (κ2) is 10.3. The molecule has 3 aromatic rings. The van der Waals surface area contributed by atoms with E-state index in [0.717, 1.165) is 5.56 Å². The van der Waals surface area contributed by atoms with Gasteiger partial charge in [0.25, 0.3) is 8.32 Å². The topological polar surface area (TPSA) is 35.5 Å². The van der Waals surface area contributed by atoms with Gasteiger partial charge in [-0.15, -0.1) is 0 Å².